The topological polar surface area (TPSA) is 125 Å². The van der Waals surface area contributed by atoms with Gasteiger partial charge in [-0.25, -0.2) is 4.79 Å². The second kappa shape index (κ2) is 7.75. The molecule has 3 N–H and O–H groups in total. The maximum atomic E-state index is 12.7. The molecule has 2 fully saturated rings. The Hall–Kier alpha value is -2.07. The van der Waals surface area contributed by atoms with Crippen molar-refractivity contribution in [2.75, 3.05) is 11.9 Å². The quantitative estimate of drug-likeness (QED) is 0.592. The van der Waals surface area contributed by atoms with Crippen molar-refractivity contribution in [3.05, 3.63) is 5.01 Å². The van der Waals surface area contributed by atoms with Crippen LogP contribution in [0.25, 0.3) is 0 Å². The molecule has 0 bridgehead atoms. The molecule has 0 aromatic carbocycles. The number of aromatic nitrogens is 2. The monoisotopic (exact) mass is 409 g/mol. The van der Waals surface area contributed by atoms with Crippen molar-refractivity contribution in [3.63, 3.8) is 0 Å². The second-order valence-electron chi connectivity index (χ2n) is 7.80. The number of imide groups is 1. The van der Waals surface area contributed by atoms with E-state index in [0.717, 1.165) is 35.6 Å². The van der Waals surface area contributed by atoms with Crippen molar-refractivity contribution in [3.8, 4) is 0 Å². The van der Waals surface area contributed by atoms with Gasteiger partial charge in [0.15, 0.2) is 5.60 Å². The van der Waals surface area contributed by atoms with Crippen LogP contribution >= 0.6 is 11.3 Å². The molecule has 2 heterocycles. The predicted molar refractivity (Wildman–Crippen MR) is 104 cm³/mol. The lowest BCUT2D eigenvalue weighted by Crippen LogP contribution is -2.52. The largest absolute Gasteiger partial charge is 0.378 e. The van der Waals surface area contributed by atoms with Gasteiger partial charge in [-0.2, -0.15) is 0 Å². The number of anilines is 1. The van der Waals surface area contributed by atoms with Crippen LogP contribution in [0.4, 0.5) is 9.93 Å². The Kier molecular flexibility index (Phi) is 5.72. The van der Waals surface area contributed by atoms with Crippen LogP contribution < -0.4 is 10.6 Å². The standard InChI is InChI=1S/C18H27N5O4S/c1-4-11(5-2)12-21-22-15(28-12)19-13(24)17(3,27)10-23-14(25)18(20-16(23)26)8-6-7-9-18/h11,27H,4-10H2,1-3H3,(H,20,26)(H,19,22,24)/t17-/m0/s1. The lowest BCUT2D eigenvalue weighted by molar-refractivity contribution is -0.139. The Morgan fingerprint density at radius 2 is 1.96 bits per heavy atom. The van der Waals surface area contributed by atoms with Crippen LogP contribution in [0, 0.1) is 0 Å². The van der Waals surface area contributed by atoms with Crippen LogP contribution in [0.2, 0.25) is 0 Å². The summed E-state index contributed by atoms with van der Waals surface area (Å²) in [5, 5.41) is 25.2. The zero-order valence-corrected chi connectivity index (χ0v) is 17.3. The molecule has 0 radical (unpaired) electrons. The van der Waals surface area contributed by atoms with Gasteiger partial charge in [0.05, 0.1) is 6.54 Å². The average Bonchev–Trinajstić information content (AvgIpc) is 3.35. The number of aliphatic hydroxyl groups is 1. The molecule has 1 saturated heterocycles. The summed E-state index contributed by atoms with van der Waals surface area (Å²) in [4.78, 5) is 38.5. The number of hydrogen-bond donors (Lipinski definition) is 3. The third-order valence-electron chi connectivity index (χ3n) is 5.65. The van der Waals surface area contributed by atoms with Gasteiger partial charge in [0.25, 0.3) is 11.8 Å². The Bertz CT molecular complexity index is 768. The minimum atomic E-state index is -1.95. The molecule has 2 aliphatic rings. The van der Waals surface area contributed by atoms with Crippen molar-refractivity contribution < 1.29 is 19.5 Å². The summed E-state index contributed by atoms with van der Waals surface area (Å²) >= 11 is 1.27. The first-order valence-corrected chi connectivity index (χ1v) is 10.6. The number of carbonyl (C=O) groups is 3. The average molecular weight is 410 g/mol. The van der Waals surface area contributed by atoms with Gasteiger partial charge in [0.2, 0.25) is 5.13 Å². The minimum absolute atomic E-state index is 0.275. The zero-order chi connectivity index (χ0) is 20.5. The maximum absolute atomic E-state index is 12.7. The molecule has 154 valence electrons. The highest BCUT2D eigenvalue weighted by molar-refractivity contribution is 7.15. The first-order chi connectivity index (χ1) is 13.2. The first-order valence-electron chi connectivity index (χ1n) is 9.73. The minimum Gasteiger partial charge on any atom is -0.378 e. The highest BCUT2D eigenvalue weighted by Crippen LogP contribution is 2.35. The third kappa shape index (κ3) is 3.75. The van der Waals surface area contributed by atoms with E-state index in [9.17, 15) is 19.5 Å². The van der Waals surface area contributed by atoms with E-state index in [0.29, 0.717) is 12.8 Å². The number of rotatable bonds is 7. The first kappa shape index (κ1) is 20.7. The molecule has 1 spiro atoms. The number of hydrogen-bond acceptors (Lipinski definition) is 7. The summed E-state index contributed by atoms with van der Waals surface area (Å²) in [5.74, 6) is -0.820. The van der Waals surface area contributed by atoms with Crippen LogP contribution in [0.15, 0.2) is 0 Å². The molecular weight excluding hydrogens is 382 g/mol. The number of nitrogens with zero attached hydrogens (tertiary/aromatic N) is 3. The Morgan fingerprint density at radius 3 is 2.57 bits per heavy atom. The van der Waals surface area contributed by atoms with E-state index in [1.54, 1.807) is 0 Å². The van der Waals surface area contributed by atoms with Gasteiger partial charge in [0, 0.05) is 5.92 Å². The molecule has 1 atom stereocenters. The summed E-state index contributed by atoms with van der Waals surface area (Å²) in [6.07, 6.45) is 4.76. The fraction of sp³-hybridized carbons (Fsp3) is 0.722. The molecule has 10 heteroatoms. The zero-order valence-electron chi connectivity index (χ0n) is 16.4. The summed E-state index contributed by atoms with van der Waals surface area (Å²) in [5.41, 5.74) is -2.81. The number of amides is 4. The number of nitrogens with one attached hydrogen (secondary N) is 2. The molecule has 0 unspecified atom stereocenters. The van der Waals surface area contributed by atoms with E-state index >= 15 is 0 Å². The molecular formula is C18H27N5O4S. The van der Waals surface area contributed by atoms with Crippen LogP contribution in [-0.4, -0.2) is 55.7 Å². The third-order valence-corrected chi connectivity index (χ3v) is 6.66. The van der Waals surface area contributed by atoms with E-state index in [2.05, 4.69) is 34.7 Å². The van der Waals surface area contributed by atoms with E-state index in [4.69, 9.17) is 0 Å². The van der Waals surface area contributed by atoms with Crippen molar-refractivity contribution >= 4 is 34.3 Å². The fourth-order valence-corrected chi connectivity index (χ4v) is 4.84. The molecule has 9 nitrogen and oxygen atoms in total. The molecule has 28 heavy (non-hydrogen) atoms. The van der Waals surface area contributed by atoms with E-state index in [1.807, 2.05) is 0 Å². The van der Waals surface area contributed by atoms with Gasteiger partial charge >= 0.3 is 6.03 Å². The normalized spacial score (nSPS) is 20.7. The highest BCUT2D eigenvalue weighted by Gasteiger charge is 2.54. The fourth-order valence-electron chi connectivity index (χ4n) is 3.84. The Labute approximate surface area is 167 Å². The SMILES string of the molecule is CCC(CC)c1nnc(NC(=O)[C@@](C)(O)CN2C(=O)NC3(CCCC3)C2=O)s1. The predicted octanol–water partition coefficient (Wildman–Crippen LogP) is 2.00. The van der Waals surface area contributed by atoms with Crippen LogP contribution in [-0.2, 0) is 9.59 Å². The van der Waals surface area contributed by atoms with Crippen LogP contribution in [0.5, 0.6) is 0 Å². The molecule has 1 aromatic heterocycles. The highest BCUT2D eigenvalue weighted by atomic mass is 32.1. The molecule has 1 aliphatic carbocycles. The van der Waals surface area contributed by atoms with Crippen LogP contribution in [0.1, 0.15) is 70.2 Å². The molecule has 4 amide bonds. The number of urea groups is 1. The Morgan fingerprint density at radius 1 is 1.32 bits per heavy atom. The van der Waals surface area contributed by atoms with Crippen molar-refractivity contribution in [1.82, 2.24) is 20.4 Å². The van der Waals surface area contributed by atoms with Crippen LogP contribution in [0.3, 0.4) is 0 Å². The van der Waals surface area contributed by atoms with Gasteiger partial charge in [-0.05, 0) is 32.6 Å². The summed E-state index contributed by atoms with van der Waals surface area (Å²) < 4.78 is 0. The van der Waals surface area contributed by atoms with Crippen molar-refractivity contribution in [2.24, 2.45) is 0 Å². The maximum Gasteiger partial charge on any atom is 0.325 e. The lowest BCUT2D eigenvalue weighted by Gasteiger charge is -2.26. The smallest absolute Gasteiger partial charge is 0.325 e. The van der Waals surface area contributed by atoms with Crippen molar-refractivity contribution in [1.29, 1.82) is 0 Å². The van der Waals surface area contributed by atoms with Gasteiger partial charge < -0.3 is 10.4 Å². The number of β-amino-alcohol motifs (C(OH)–C–C–N with tert-alkyl or cyclic N) is 1. The molecule has 3 rings (SSSR count). The molecule has 1 aromatic rings. The summed E-state index contributed by atoms with van der Waals surface area (Å²) in [7, 11) is 0. The molecule has 1 saturated carbocycles. The van der Waals surface area contributed by atoms with Gasteiger partial charge in [-0.1, -0.05) is 38.0 Å². The molecule has 1 aliphatic heterocycles. The van der Waals surface area contributed by atoms with E-state index < -0.39 is 29.6 Å². The van der Waals surface area contributed by atoms with E-state index in [-0.39, 0.29) is 17.0 Å². The van der Waals surface area contributed by atoms with Crippen molar-refractivity contribution in [2.45, 2.75) is 76.4 Å². The lowest BCUT2D eigenvalue weighted by atomic mass is 9.97. The van der Waals surface area contributed by atoms with Gasteiger partial charge in [-0.3, -0.25) is 19.8 Å². The second-order valence-corrected chi connectivity index (χ2v) is 8.81. The summed E-state index contributed by atoms with van der Waals surface area (Å²) in [6, 6.07) is -0.563. The van der Waals surface area contributed by atoms with Gasteiger partial charge in [-0.15, -0.1) is 10.2 Å². The van der Waals surface area contributed by atoms with E-state index in [1.165, 1.54) is 18.3 Å². The summed E-state index contributed by atoms with van der Waals surface area (Å²) in [6.45, 7) is 5.00. The Balaban J connectivity index is 1.66. The van der Waals surface area contributed by atoms with Gasteiger partial charge in [0.1, 0.15) is 10.5 Å². The number of carbonyl (C=O) groups excluding carboxylic acids is 3.